The molecule has 1 aromatic carbocycles. The van der Waals surface area contributed by atoms with Crippen LogP contribution < -0.4 is 5.32 Å². The lowest BCUT2D eigenvalue weighted by Crippen LogP contribution is -2.27. The second kappa shape index (κ2) is 6.81. The van der Waals surface area contributed by atoms with Gasteiger partial charge in [-0.25, -0.2) is 8.42 Å². The lowest BCUT2D eigenvalue weighted by molar-refractivity contribution is -0.385. The average molecular weight is 300 g/mol. The predicted octanol–water partition coefficient (Wildman–Crippen LogP) is 1.82. The molecule has 6 nitrogen and oxygen atoms in total. The molecule has 0 aliphatic carbocycles. The van der Waals surface area contributed by atoms with Crippen molar-refractivity contribution >= 4 is 15.5 Å². The van der Waals surface area contributed by atoms with E-state index >= 15 is 0 Å². The molecule has 0 atom stereocenters. The van der Waals surface area contributed by atoms with Crippen molar-refractivity contribution < 1.29 is 13.3 Å². The van der Waals surface area contributed by atoms with Crippen molar-refractivity contribution in [2.75, 3.05) is 12.3 Å². The van der Waals surface area contributed by atoms with Crippen molar-refractivity contribution in [1.29, 1.82) is 0 Å². The van der Waals surface area contributed by atoms with Crippen LogP contribution >= 0.6 is 0 Å². The molecule has 0 bridgehead atoms. The minimum atomic E-state index is -3.06. The van der Waals surface area contributed by atoms with E-state index in [1.54, 1.807) is 32.9 Å². The monoisotopic (exact) mass is 300 g/mol. The molecule has 112 valence electrons. The van der Waals surface area contributed by atoms with Gasteiger partial charge in [0.2, 0.25) is 0 Å². The molecule has 0 heterocycles. The number of nitrogens with zero attached hydrogens (tertiary/aromatic N) is 1. The first-order valence-corrected chi connectivity index (χ1v) is 8.12. The molecule has 0 aliphatic rings. The van der Waals surface area contributed by atoms with E-state index < -0.39 is 14.8 Å². The second-order valence-electron chi connectivity index (χ2n) is 4.91. The molecule has 0 unspecified atom stereocenters. The van der Waals surface area contributed by atoms with E-state index in [2.05, 4.69) is 5.32 Å². The van der Waals surface area contributed by atoms with Gasteiger partial charge in [-0.05, 0) is 26.3 Å². The fourth-order valence-electron chi connectivity index (χ4n) is 1.73. The van der Waals surface area contributed by atoms with Crippen LogP contribution in [0.2, 0.25) is 0 Å². The molecule has 1 N–H and O–H groups in total. The summed E-state index contributed by atoms with van der Waals surface area (Å²) in [5, 5.41) is 13.4. The van der Waals surface area contributed by atoms with Crippen molar-refractivity contribution in [2.45, 2.75) is 32.6 Å². The van der Waals surface area contributed by atoms with E-state index in [1.165, 1.54) is 6.07 Å². The number of nitro groups is 1. The lowest BCUT2D eigenvalue weighted by Gasteiger charge is -2.10. The number of benzene rings is 1. The van der Waals surface area contributed by atoms with Gasteiger partial charge in [-0.15, -0.1) is 0 Å². The van der Waals surface area contributed by atoms with Crippen molar-refractivity contribution in [1.82, 2.24) is 5.32 Å². The van der Waals surface area contributed by atoms with Gasteiger partial charge >= 0.3 is 0 Å². The van der Waals surface area contributed by atoms with E-state index in [1.807, 2.05) is 0 Å². The number of rotatable bonds is 7. The largest absolute Gasteiger partial charge is 0.312 e. The first kappa shape index (κ1) is 16.6. The summed E-state index contributed by atoms with van der Waals surface area (Å²) in [6.07, 6.45) is 0. The predicted molar refractivity (Wildman–Crippen MR) is 78.5 cm³/mol. The van der Waals surface area contributed by atoms with E-state index in [9.17, 15) is 18.5 Å². The van der Waals surface area contributed by atoms with Crippen LogP contribution in [-0.2, 0) is 16.4 Å². The maximum Gasteiger partial charge on any atom is 0.272 e. The number of nitro benzene ring substituents is 1. The summed E-state index contributed by atoms with van der Waals surface area (Å²) in [6, 6.07) is 4.89. The Hall–Kier alpha value is -1.47. The third-order valence-corrected chi connectivity index (χ3v) is 5.42. The SMILES string of the molecule is Cc1c(CNCCS(=O)(=O)C(C)C)cccc1[N+](=O)[O-]. The molecular formula is C13H20N2O4S. The molecule has 0 amide bonds. The van der Waals surface area contributed by atoms with Gasteiger partial charge in [0.25, 0.3) is 5.69 Å². The molecular weight excluding hydrogens is 280 g/mol. The standard InChI is InChI=1S/C13H20N2O4S/c1-10(2)20(18,19)8-7-14-9-12-5-4-6-13(11(12)3)15(16)17/h4-6,10,14H,7-9H2,1-3H3. The second-order valence-corrected chi connectivity index (χ2v) is 7.59. The summed E-state index contributed by atoms with van der Waals surface area (Å²) in [4.78, 5) is 10.4. The Labute approximate surface area is 119 Å². The van der Waals surface area contributed by atoms with Gasteiger partial charge in [0.05, 0.1) is 15.9 Å². The minimum Gasteiger partial charge on any atom is -0.312 e. The Morgan fingerprint density at radius 1 is 1.35 bits per heavy atom. The first-order chi connectivity index (χ1) is 9.25. The molecule has 0 aromatic heterocycles. The third kappa shape index (κ3) is 4.28. The van der Waals surface area contributed by atoms with Crippen molar-refractivity contribution in [2.24, 2.45) is 0 Å². The fraction of sp³-hybridized carbons (Fsp3) is 0.538. The van der Waals surface area contributed by atoms with Crippen molar-refractivity contribution in [3.63, 3.8) is 0 Å². The van der Waals surface area contributed by atoms with Crippen LogP contribution in [0.25, 0.3) is 0 Å². The molecule has 0 aliphatic heterocycles. The summed E-state index contributed by atoms with van der Waals surface area (Å²) in [7, 11) is -3.06. The van der Waals surface area contributed by atoms with Crippen LogP contribution in [0.15, 0.2) is 18.2 Å². The van der Waals surface area contributed by atoms with Crippen LogP contribution in [0.3, 0.4) is 0 Å². The summed E-state index contributed by atoms with van der Waals surface area (Å²) in [5.74, 6) is 0.0681. The highest BCUT2D eigenvalue weighted by Gasteiger charge is 2.16. The Balaban J connectivity index is 2.60. The highest BCUT2D eigenvalue weighted by Crippen LogP contribution is 2.20. The lowest BCUT2D eigenvalue weighted by atomic mass is 10.1. The van der Waals surface area contributed by atoms with Gasteiger partial charge in [-0.2, -0.15) is 0 Å². The highest BCUT2D eigenvalue weighted by atomic mass is 32.2. The molecule has 0 spiro atoms. The maximum atomic E-state index is 11.6. The zero-order valence-corrected chi connectivity index (χ0v) is 12.7. The highest BCUT2D eigenvalue weighted by molar-refractivity contribution is 7.92. The van der Waals surface area contributed by atoms with Crippen LogP contribution in [0, 0.1) is 17.0 Å². The zero-order chi connectivity index (χ0) is 15.3. The molecule has 1 aromatic rings. The molecule has 0 radical (unpaired) electrons. The molecule has 1 rings (SSSR count). The molecule has 0 saturated heterocycles. The van der Waals surface area contributed by atoms with Gasteiger partial charge in [0, 0.05) is 24.7 Å². The van der Waals surface area contributed by atoms with Gasteiger partial charge in [-0.3, -0.25) is 10.1 Å². The van der Waals surface area contributed by atoms with E-state index in [0.717, 1.165) is 5.56 Å². The van der Waals surface area contributed by atoms with Crippen LogP contribution in [0.5, 0.6) is 0 Å². The summed E-state index contributed by atoms with van der Waals surface area (Å²) in [5.41, 5.74) is 1.50. The Bertz CT molecular complexity index is 582. The first-order valence-electron chi connectivity index (χ1n) is 6.41. The van der Waals surface area contributed by atoms with Gasteiger partial charge in [-0.1, -0.05) is 12.1 Å². The molecule has 20 heavy (non-hydrogen) atoms. The minimum absolute atomic E-state index is 0.0681. The van der Waals surface area contributed by atoms with Crippen LogP contribution in [0.4, 0.5) is 5.69 Å². The molecule has 0 saturated carbocycles. The molecule has 0 fully saturated rings. The number of sulfone groups is 1. The summed E-state index contributed by atoms with van der Waals surface area (Å²) >= 11 is 0. The third-order valence-electron chi connectivity index (χ3n) is 3.21. The van der Waals surface area contributed by atoms with E-state index in [-0.39, 0.29) is 16.7 Å². The summed E-state index contributed by atoms with van der Waals surface area (Å²) < 4.78 is 23.2. The van der Waals surface area contributed by atoms with Gasteiger partial charge in [0.1, 0.15) is 0 Å². The maximum absolute atomic E-state index is 11.6. The molecule has 7 heteroatoms. The smallest absolute Gasteiger partial charge is 0.272 e. The summed E-state index contributed by atoms with van der Waals surface area (Å²) in [6.45, 7) is 5.75. The number of hydrogen-bond acceptors (Lipinski definition) is 5. The van der Waals surface area contributed by atoms with E-state index in [0.29, 0.717) is 18.7 Å². The number of hydrogen-bond donors (Lipinski definition) is 1. The Kier molecular flexibility index (Phi) is 5.64. The topological polar surface area (TPSA) is 89.3 Å². The quantitative estimate of drug-likeness (QED) is 0.471. The Morgan fingerprint density at radius 2 is 2.00 bits per heavy atom. The van der Waals surface area contributed by atoms with Crippen molar-refractivity contribution in [3.05, 3.63) is 39.4 Å². The van der Waals surface area contributed by atoms with Crippen LogP contribution in [0.1, 0.15) is 25.0 Å². The van der Waals surface area contributed by atoms with E-state index in [4.69, 9.17) is 0 Å². The normalized spacial score (nSPS) is 11.8. The van der Waals surface area contributed by atoms with Gasteiger partial charge < -0.3 is 5.32 Å². The number of nitrogens with one attached hydrogen (secondary N) is 1. The average Bonchev–Trinajstić information content (AvgIpc) is 2.35. The zero-order valence-electron chi connectivity index (χ0n) is 11.9. The van der Waals surface area contributed by atoms with Gasteiger partial charge in [0.15, 0.2) is 9.84 Å². The fourth-order valence-corrected chi connectivity index (χ4v) is 2.63. The van der Waals surface area contributed by atoms with Crippen LogP contribution in [-0.4, -0.2) is 30.9 Å². The van der Waals surface area contributed by atoms with Crippen molar-refractivity contribution in [3.8, 4) is 0 Å². The Morgan fingerprint density at radius 3 is 2.55 bits per heavy atom.